The van der Waals surface area contributed by atoms with Gasteiger partial charge in [-0.2, -0.15) is 0 Å². The van der Waals surface area contributed by atoms with Crippen LogP contribution in [-0.2, 0) is 4.79 Å². The molecule has 3 rings (SSSR count). The minimum Gasteiger partial charge on any atom is -0.478 e. The summed E-state index contributed by atoms with van der Waals surface area (Å²) in [4.78, 5) is 17.0. The summed E-state index contributed by atoms with van der Waals surface area (Å²) in [5.74, 6) is 0.793. The van der Waals surface area contributed by atoms with Crippen LogP contribution < -0.4 is 15.4 Å². The molecule has 1 aromatic rings. The zero-order valence-electron chi connectivity index (χ0n) is 13.3. The van der Waals surface area contributed by atoms with Gasteiger partial charge in [0, 0.05) is 24.8 Å². The van der Waals surface area contributed by atoms with E-state index in [4.69, 9.17) is 10.5 Å². The number of likely N-dealkylation sites (tertiary alicyclic amines) is 1. The molecule has 0 spiro atoms. The molecule has 1 unspecified atom stereocenters. The van der Waals surface area contributed by atoms with Gasteiger partial charge < -0.3 is 20.3 Å². The first-order chi connectivity index (χ1) is 10.7. The Kier molecular flexibility index (Phi) is 4.52. The summed E-state index contributed by atoms with van der Waals surface area (Å²) in [5, 5.41) is 0. The van der Waals surface area contributed by atoms with Crippen LogP contribution >= 0.6 is 0 Å². The van der Waals surface area contributed by atoms with Crippen LogP contribution in [0.1, 0.15) is 32.6 Å². The van der Waals surface area contributed by atoms with Crippen molar-refractivity contribution in [2.75, 3.05) is 36.8 Å². The number of hydrogen-bond acceptors (Lipinski definition) is 4. The molecule has 0 bridgehead atoms. The van der Waals surface area contributed by atoms with Crippen molar-refractivity contribution in [2.24, 2.45) is 0 Å². The number of fused-ring (bicyclic) bond motifs is 1. The number of anilines is 2. The molecule has 5 nitrogen and oxygen atoms in total. The fraction of sp³-hybridized carbons (Fsp3) is 0.588. The van der Waals surface area contributed by atoms with Crippen LogP contribution in [0.5, 0.6) is 5.75 Å². The fourth-order valence-corrected chi connectivity index (χ4v) is 3.26. The lowest BCUT2D eigenvalue weighted by molar-refractivity contribution is -0.126. The van der Waals surface area contributed by atoms with E-state index in [1.807, 2.05) is 30.0 Å². The lowest BCUT2D eigenvalue weighted by Gasteiger charge is -2.36. The van der Waals surface area contributed by atoms with E-state index in [1.54, 1.807) is 0 Å². The van der Waals surface area contributed by atoms with Crippen molar-refractivity contribution in [1.29, 1.82) is 0 Å². The number of nitrogens with two attached hydrogens (primary N) is 1. The molecule has 0 aliphatic carbocycles. The second-order valence-corrected chi connectivity index (χ2v) is 6.13. The molecule has 1 saturated heterocycles. The first kappa shape index (κ1) is 15.2. The highest BCUT2D eigenvalue weighted by atomic mass is 16.5. The van der Waals surface area contributed by atoms with Gasteiger partial charge in [-0.1, -0.05) is 13.3 Å². The predicted octanol–water partition coefficient (Wildman–Crippen LogP) is 2.26. The highest BCUT2D eigenvalue weighted by Gasteiger charge is 2.33. The summed E-state index contributed by atoms with van der Waals surface area (Å²) in [6.07, 6.45) is 4.14. The highest BCUT2D eigenvalue weighted by molar-refractivity contribution is 6.00. The Morgan fingerprint density at radius 1 is 1.23 bits per heavy atom. The Labute approximate surface area is 132 Å². The molecule has 0 saturated carbocycles. The van der Waals surface area contributed by atoms with Crippen LogP contribution in [0, 0.1) is 0 Å². The van der Waals surface area contributed by atoms with E-state index < -0.39 is 6.10 Å². The van der Waals surface area contributed by atoms with Gasteiger partial charge in [-0.05, 0) is 44.5 Å². The number of benzene rings is 1. The largest absolute Gasteiger partial charge is 0.478 e. The number of carbonyl (C=O) groups excluding carboxylic acids is 1. The topological polar surface area (TPSA) is 58.8 Å². The predicted molar refractivity (Wildman–Crippen MR) is 88.2 cm³/mol. The van der Waals surface area contributed by atoms with Gasteiger partial charge in [0.05, 0.1) is 5.69 Å². The van der Waals surface area contributed by atoms with Crippen LogP contribution in [-0.4, -0.2) is 43.1 Å². The second-order valence-electron chi connectivity index (χ2n) is 6.13. The average Bonchev–Trinajstić information content (AvgIpc) is 2.54. The van der Waals surface area contributed by atoms with E-state index >= 15 is 0 Å². The summed E-state index contributed by atoms with van der Waals surface area (Å²) in [7, 11) is 0. The third-order valence-corrected chi connectivity index (χ3v) is 4.54. The fourth-order valence-electron chi connectivity index (χ4n) is 3.26. The molecule has 1 amide bonds. The molecule has 2 aliphatic rings. The maximum Gasteiger partial charge on any atom is 0.268 e. The van der Waals surface area contributed by atoms with Crippen LogP contribution in [0.4, 0.5) is 11.4 Å². The lowest BCUT2D eigenvalue weighted by atomic mass is 10.1. The third kappa shape index (κ3) is 3.04. The van der Waals surface area contributed by atoms with E-state index in [2.05, 4.69) is 4.90 Å². The lowest BCUT2D eigenvalue weighted by Crippen LogP contribution is -2.48. The van der Waals surface area contributed by atoms with Crippen molar-refractivity contribution in [3.8, 4) is 5.75 Å². The maximum atomic E-state index is 12.6. The zero-order valence-corrected chi connectivity index (χ0v) is 13.3. The van der Waals surface area contributed by atoms with Crippen molar-refractivity contribution < 1.29 is 9.53 Å². The van der Waals surface area contributed by atoms with Crippen molar-refractivity contribution in [3.05, 3.63) is 18.2 Å². The molecule has 5 heteroatoms. The number of hydrogen-bond donors (Lipinski definition) is 1. The van der Waals surface area contributed by atoms with Gasteiger partial charge in [0.1, 0.15) is 5.75 Å². The van der Waals surface area contributed by atoms with E-state index in [1.165, 1.54) is 19.3 Å². The molecule has 0 radical (unpaired) electrons. The van der Waals surface area contributed by atoms with Gasteiger partial charge in [-0.15, -0.1) is 0 Å². The average molecular weight is 303 g/mol. The molecular formula is C17H25N3O2. The first-order valence-corrected chi connectivity index (χ1v) is 8.29. The Hall–Kier alpha value is -1.75. The molecule has 120 valence electrons. The van der Waals surface area contributed by atoms with E-state index in [0.29, 0.717) is 12.1 Å². The monoisotopic (exact) mass is 303 g/mol. The number of carbonyl (C=O) groups is 1. The van der Waals surface area contributed by atoms with Crippen LogP contribution in [0.2, 0.25) is 0 Å². The van der Waals surface area contributed by atoms with Crippen molar-refractivity contribution in [3.63, 3.8) is 0 Å². The number of rotatable bonds is 4. The Bertz CT molecular complexity index is 541. The smallest absolute Gasteiger partial charge is 0.268 e. The van der Waals surface area contributed by atoms with Gasteiger partial charge >= 0.3 is 0 Å². The van der Waals surface area contributed by atoms with Gasteiger partial charge in [0.2, 0.25) is 0 Å². The number of piperidine rings is 1. The van der Waals surface area contributed by atoms with E-state index in [9.17, 15) is 4.79 Å². The second kappa shape index (κ2) is 6.57. The molecule has 2 N–H and O–H groups in total. The summed E-state index contributed by atoms with van der Waals surface area (Å²) in [6.45, 7) is 5.90. The van der Waals surface area contributed by atoms with Crippen LogP contribution in [0.25, 0.3) is 0 Å². The maximum absolute atomic E-state index is 12.6. The van der Waals surface area contributed by atoms with Crippen LogP contribution in [0.3, 0.4) is 0 Å². The molecule has 1 atom stereocenters. The Morgan fingerprint density at radius 2 is 2.00 bits per heavy atom. The van der Waals surface area contributed by atoms with Crippen molar-refractivity contribution >= 4 is 17.3 Å². The van der Waals surface area contributed by atoms with Gasteiger partial charge in [-0.3, -0.25) is 4.79 Å². The van der Waals surface area contributed by atoms with Crippen LogP contribution in [0.15, 0.2) is 18.2 Å². The zero-order chi connectivity index (χ0) is 15.5. The molecule has 22 heavy (non-hydrogen) atoms. The molecule has 0 aromatic heterocycles. The minimum absolute atomic E-state index is 0.0665. The standard InChI is InChI=1S/C17H25N3O2/c1-2-15-17(21)20(11-10-19-8-4-3-5-9-19)14-7-6-13(18)12-16(14)22-15/h6-7,12,15H,2-5,8-11,18H2,1H3. The molecule has 1 aromatic carbocycles. The van der Waals surface area contributed by atoms with E-state index in [0.717, 1.165) is 37.6 Å². The quantitative estimate of drug-likeness (QED) is 0.867. The number of ether oxygens (including phenoxy) is 1. The third-order valence-electron chi connectivity index (χ3n) is 4.54. The normalized spacial score (nSPS) is 22.3. The Balaban J connectivity index is 1.77. The summed E-state index contributed by atoms with van der Waals surface area (Å²) < 4.78 is 5.81. The summed E-state index contributed by atoms with van der Waals surface area (Å²) in [6, 6.07) is 5.54. The SMILES string of the molecule is CCC1Oc2cc(N)ccc2N(CCN2CCCCC2)C1=O. The van der Waals surface area contributed by atoms with Crippen molar-refractivity contribution in [2.45, 2.75) is 38.7 Å². The van der Waals surface area contributed by atoms with Gasteiger partial charge in [0.25, 0.3) is 5.91 Å². The highest BCUT2D eigenvalue weighted by Crippen LogP contribution is 2.36. The van der Waals surface area contributed by atoms with Crippen molar-refractivity contribution in [1.82, 2.24) is 4.90 Å². The Morgan fingerprint density at radius 3 is 2.73 bits per heavy atom. The van der Waals surface area contributed by atoms with Gasteiger partial charge in [0.15, 0.2) is 6.10 Å². The number of amides is 1. The number of nitrogens with zero attached hydrogens (tertiary/aromatic N) is 2. The first-order valence-electron chi connectivity index (χ1n) is 8.29. The minimum atomic E-state index is -0.393. The molecule has 2 aliphatic heterocycles. The molecular weight excluding hydrogens is 278 g/mol. The number of nitrogen functional groups attached to an aromatic ring is 1. The van der Waals surface area contributed by atoms with Gasteiger partial charge in [-0.25, -0.2) is 0 Å². The van der Waals surface area contributed by atoms with E-state index in [-0.39, 0.29) is 5.91 Å². The summed E-state index contributed by atoms with van der Waals surface area (Å²) in [5.41, 5.74) is 7.36. The molecule has 2 heterocycles. The molecule has 1 fully saturated rings. The summed E-state index contributed by atoms with van der Waals surface area (Å²) >= 11 is 0.